The Kier molecular flexibility index (Phi) is 5.19. The lowest BCUT2D eigenvalue weighted by atomic mass is 10.1. The van der Waals surface area contributed by atoms with Gasteiger partial charge < -0.3 is 5.73 Å². The Hall–Kier alpha value is -0.640. The summed E-state index contributed by atoms with van der Waals surface area (Å²) in [5.74, 6) is 0. The summed E-state index contributed by atoms with van der Waals surface area (Å²) < 4.78 is 0. The molecule has 1 atom stereocenters. The monoisotopic (exact) mass is 256 g/mol. The fourth-order valence-corrected chi connectivity index (χ4v) is 2.30. The van der Waals surface area contributed by atoms with Crippen molar-refractivity contribution < 1.29 is 0 Å². The highest BCUT2D eigenvalue weighted by molar-refractivity contribution is 7.80. The molecular formula is C12H17ClN2S. The molecule has 0 fully saturated rings. The second kappa shape index (κ2) is 6.18. The maximum Gasteiger partial charge on any atom is 0.0948 e. The van der Waals surface area contributed by atoms with Gasteiger partial charge in [-0.3, -0.25) is 4.90 Å². The summed E-state index contributed by atoms with van der Waals surface area (Å²) in [7, 11) is 0. The summed E-state index contributed by atoms with van der Waals surface area (Å²) in [6, 6.07) is 7.68. The zero-order valence-corrected chi connectivity index (χ0v) is 11.2. The Bertz CT molecular complexity index is 364. The second-order valence-electron chi connectivity index (χ2n) is 3.58. The minimum absolute atomic E-state index is 0.0244. The first-order valence-corrected chi connectivity index (χ1v) is 6.17. The van der Waals surface area contributed by atoms with Crippen molar-refractivity contribution in [2.75, 3.05) is 13.1 Å². The molecule has 0 bridgehead atoms. The molecule has 0 aliphatic rings. The summed E-state index contributed by atoms with van der Waals surface area (Å²) in [5, 5.41) is 0.714. The Morgan fingerprint density at radius 3 is 2.50 bits per heavy atom. The van der Waals surface area contributed by atoms with Gasteiger partial charge in [0.05, 0.1) is 11.0 Å². The number of hydrogen-bond acceptors (Lipinski definition) is 2. The molecule has 4 heteroatoms. The van der Waals surface area contributed by atoms with Crippen LogP contribution >= 0.6 is 23.8 Å². The molecule has 1 unspecified atom stereocenters. The summed E-state index contributed by atoms with van der Waals surface area (Å²) in [6.07, 6.45) is 0. The van der Waals surface area contributed by atoms with Crippen molar-refractivity contribution in [1.82, 2.24) is 4.90 Å². The van der Waals surface area contributed by atoms with Crippen LogP contribution in [0.1, 0.15) is 25.5 Å². The molecular weight excluding hydrogens is 240 g/mol. The zero-order chi connectivity index (χ0) is 12.1. The molecule has 0 aromatic heterocycles. The minimum Gasteiger partial charge on any atom is -0.392 e. The smallest absolute Gasteiger partial charge is 0.0948 e. The summed E-state index contributed by atoms with van der Waals surface area (Å²) >= 11 is 11.1. The van der Waals surface area contributed by atoms with Crippen LogP contribution in [-0.4, -0.2) is 23.0 Å². The van der Waals surface area contributed by atoms with E-state index >= 15 is 0 Å². The van der Waals surface area contributed by atoms with Crippen LogP contribution in [0.25, 0.3) is 0 Å². The van der Waals surface area contributed by atoms with E-state index in [-0.39, 0.29) is 6.04 Å². The van der Waals surface area contributed by atoms with Crippen molar-refractivity contribution >= 4 is 28.8 Å². The van der Waals surface area contributed by atoms with Crippen LogP contribution in [0.2, 0.25) is 5.02 Å². The van der Waals surface area contributed by atoms with Crippen LogP contribution in [0.4, 0.5) is 0 Å². The Balaban J connectivity index is 3.06. The Morgan fingerprint density at radius 2 is 2.06 bits per heavy atom. The molecule has 1 rings (SSSR count). The Labute approximate surface area is 107 Å². The molecule has 88 valence electrons. The Morgan fingerprint density at radius 1 is 1.44 bits per heavy atom. The number of benzene rings is 1. The molecule has 0 spiro atoms. The number of nitrogens with two attached hydrogens (primary N) is 1. The molecule has 0 aliphatic carbocycles. The average molecular weight is 257 g/mol. The van der Waals surface area contributed by atoms with E-state index in [1.165, 1.54) is 0 Å². The topological polar surface area (TPSA) is 29.3 Å². The van der Waals surface area contributed by atoms with Gasteiger partial charge in [-0.05, 0) is 30.8 Å². The maximum absolute atomic E-state index is 5.98. The predicted octanol–water partition coefficient (Wildman–Crippen LogP) is 3.01. The summed E-state index contributed by atoms with van der Waals surface area (Å²) in [4.78, 5) is 2.71. The maximum atomic E-state index is 5.98. The molecule has 0 saturated carbocycles. The van der Waals surface area contributed by atoms with E-state index < -0.39 is 0 Å². The number of halogens is 1. The van der Waals surface area contributed by atoms with Gasteiger partial charge in [0.2, 0.25) is 0 Å². The van der Waals surface area contributed by atoms with Gasteiger partial charge >= 0.3 is 0 Å². The molecule has 2 N–H and O–H groups in total. The van der Waals surface area contributed by atoms with Crippen molar-refractivity contribution in [2.24, 2.45) is 5.73 Å². The van der Waals surface area contributed by atoms with Gasteiger partial charge in [0.15, 0.2) is 0 Å². The number of likely N-dealkylation sites (N-methyl/N-ethyl adjacent to an activating group) is 1. The van der Waals surface area contributed by atoms with Crippen LogP contribution in [0, 0.1) is 0 Å². The predicted molar refractivity (Wildman–Crippen MR) is 73.9 cm³/mol. The van der Waals surface area contributed by atoms with E-state index in [0.29, 0.717) is 10.0 Å². The normalized spacial score (nSPS) is 12.8. The van der Waals surface area contributed by atoms with Crippen molar-refractivity contribution in [3.63, 3.8) is 0 Å². The van der Waals surface area contributed by atoms with Crippen molar-refractivity contribution in [1.29, 1.82) is 0 Å². The first kappa shape index (κ1) is 13.4. The van der Waals surface area contributed by atoms with Crippen LogP contribution in [-0.2, 0) is 0 Å². The third-order valence-corrected chi connectivity index (χ3v) is 3.07. The van der Waals surface area contributed by atoms with E-state index in [2.05, 4.69) is 18.7 Å². The zero-order valence-electron chi connectivity index (χ0n) is 9.61. The van der Waals surface area contributed by atoms with Crippen LogP contribution in [0.3, 0.4) is 0 Å². The second-order valence-corrected chi connectivity index (χ2v) is 4.49. The lowest BCUT2D eigenvalue weighted by molar-refractivity contribution is 0.272. The fourth-order valence-electron chi connectivity index (χ4n) is 1.82. The standard InChI is InChI=1S/C12H17ClN2S/c1-3-15(4-2)11(12(14)16)9-6-5-7-10(13)8-9/h5-8,11H,3-4H2,1-2H3,(H2,14,16). The van der Waals surface area contributed by atoms with E-state index in [4.69, 9.17) is 29.6 Å². The highest BCUT2D eigenvalue weighted by atomic mass is 35.5. The number of rotatable bonds is 5. The molecule has 0 heterocycles. The van der Waals surface area contributed by atoms with Gasteiger partial charge in [0, 0.05) is 5.02 Å². The van der Waals surface area contributed by atoms with Crippen molar-refractivity contribution in [3.8, 4) is 0 Å². The number of thiocarbonyl (C=S) groups is 1. The van der Waals surface area contributed by atoms with E-state index in [1.54, 1.807) is 0 Å². The summed E-state index contributed by atoms with van der Waals surface area (Å²) in [6.45, 7) is 6.01. The largest absolute Gasteiger partial charge is 0.392 e. The van der Waals surface area contributed by atoms with Gasteiger partial charge in [0.25, 0.3) is 0 Å². The summed E-state index contributed by atoms with van der Waals surface area (Å²) in [5.41, 5.74) is 6.88. The SMILES string of the molecule is CCN(CC)C(C(N)=S)c1cccc(Cl)c1. The first-order valence-electron chi connectivity index (χ1n) is 5.39. The third-order valence-electron chi connectivity index (χ3n) is 2.61. The number of nitrogens with zero attached hydrogens (tertiary/aromatic N) is 1. The number of hydrogen-bond donors (Lipinski definition) is 1. The molecule has 0 saturated heterocycles. The lowest BCUT2D eigenvalue weighted by Crippen LogP contribution is -2.36. The first-order chi connectivity index (χ1) is 7.60. The molecule has 0 amide bonds. The van der Waals surface area contributed by atoms with Gasteiger partial charge in [-0.1, -0.05) is 49.8 Å². The molecule has 2 nitrogen and oxygen atoms in total. The molecule has 1 aromatic carbocycles. The van der Waals surface area contributed by atoms with E-state index in [1.807, 2.05) is 24.3 Å². The quantitative estimate of drug-likeness (QED) is 0.822. The van der Waals surface area contributed by atoms with Crippen LogP contribution < -0.4 is 5.73 Å². The average Bonchev–Trinajstić information content (AvgIpc) is 2.24. The molecule has 0 aliphatic heterocycles. The van der Waals surface area contributed by atoms with Gasteiger partial charge in [-0.2, -0.15) is 0 Å². The van der Waals surface area contributed by atoms with E-state index in [0.717, 1.165) is 18.7 Å². The van der Waals surface area contributed by atoms with Crippen molar-refractivity contribution in [2.45, 2.75) is 19.9 Å². The van der Waals surface area contributed by atoms with Gasteiger partial charge in [-0.15, -0.1) is 0 Å². The third kappa shape index (κ3) is 3.17. The van der Waals surface area contributed by atoms with Crippen LogP contribution in [0.15, 0.2) is 24.3 Å². The minimum atomic E-state index is -0.0244. The molecule has 1 aromatic rings. The highest BCUT2D eigenvalue weighted by Crippen LogP contribution is 2.23. The van der Waals surface area contributed by atoms with E-state index in [9.17, 15) is 0 Å². The lowest BCUT2D eigenvalue weighted by Gasteiger charge is -2.29. The molecule has 0 radical (unpaired) electrons. The van der Waals surface area contributed by atoms with Crippen molar-refractivity contribution in [3.05, 3.63) is 34.9 Å². The van der Waals surface area contributed by atoms with Crippen LogP contribution in [0.5, 0.6) is 0 Å². The highest BCUT2D eigenvalue weighted by Gasteiger charge is 2.20. The van der Waals surface area contributed by atoms with Gasteiger partial charge in [0.1, 0.15) is 0 Å². The molecule has 16 heavy (non-hydrogen) atoms. The van der Waals surface area contributed by atoms with Gasteiger partial charge in [-0.25, -0.2) is 0 Å². The fraction of sp³-hybridized carbons (Fsp3) is 0.417.